The van der Waals surface area contributed by atoms with Gasteiger partial charge >= 0.3 is 11.6 Å². The van der Waals surface area contributed by atoms with Crippen molar-refractivity contribution in [3.8, 4) is 5.88 Å². The number of nitrogens with two attached hydrogens (primary N) is 1. The van der Waals surface area contributed by atoms with Crippen molar-refractivity contribution in [3.05, 3.63) is 33.9 Å². The van der Waals surface area contributed by atoms with E-state index in [0.717, 1.165) is 6.42 Å². The largest absolute Gasteiger partial charge is 0.472 e. The number of nitrogen functional groups attached to an aromatic ring is 1. The van der Waals surface area contributed by atoms with Gasteiger partial charge in [-0.05, 0) is 25.8 Å². The average Bonchev–Trinajstić information content (AvgIpc) is 3.22. The fourth-order valence-corrected chi connectivity index (χ4v) is 2.95. The highest BCUT2D eigenvalue weighted by molar-refractivity contribution is 5.45. The van der Waals surface area contributed by atoms with E-state index in [2.05, 4.69) is 15.1 Å². The van der Waals surface area contributed by atoms with Crippen LogP contribution in [0.3, 0.4) is 0 Å². The van der Waals surface area contributed by atoms with Gasteiger partial charge in [0.2, 0.25) is 0 Å². The van der Waals surface area contributed by atoms with Crippen LogP contribution < -0.4 is 10.5 Å². The molecule has 0 radical (unpaired) electrons. The molecule has 3 rings (SSSR count). The molecule has 2 aromatic heterocycles. The number of nitrogens with zero attached hydrogens (tertiary/aromatic N) is 5. The average molecular weight is 362 g/mol. The molecule has 10 heteroatoms. The van der Waals surface area contributed by atoms with Gasteiger partial charge in [0, 0.05) is 18.7 Å². The number of anilines is 1. The summed E-state index contributed by atoms with van der Waals surface area (Å²) in [5, 5.41) is 15.8. The van der Waals surface area contributed by atoms with Crippen molar-refractivity contribution in [2.24, 2.45) is 0 Å². The zero-order chi connectivity index (χ0) is 18.7. The molecule has 140 valence electrons. The van der Waals surface area contributed by atoms with Gasteiger partial charge in [0.15, 0.2) is 0 Å². The normalized spacial score (nSPS) is 18.0. The van der Waals surface area contributed by atoms with Crippen molar-refractivity contribution in [3.63, 3.8) is 0 Å². The Morgan fingerprint density at radius 1 is 1.58 bits per heavy atom. The van der Waals surface area contributed by atoms with Crippen LogP contribution in [-0.2, 0) is 4.74 Å². The van der Waals surface area contributed by atoms with Gasteiger partial charge in [-0.2, -0.15) is 0 Å². The van der Waals surface area contributed by atoms with Crippen LogP contribution in [0.15, 0.2) is 12.3 Å². The highest BCUT2D eigenvalue weighted by Gasteiger charge is 2.31. The van der Waals surface area contributed by atoms with E-state index in [1.807, 2.05) is 6.92 Å². The third kappa shape index (κ3) is 3.74. The van der Waals surface area contributed by atoms with Crippen molar-refractivity contribution in [1.29, 1.82) is 0 Å². The molecule has 26 heavy (non-hydrogen) atoms. The smallest absolute Gasteiger partial charge is 0.352 e. The highest BCUT2D eigenvalue weighted by atomic mass is 16.6. The number of nitro groups is 1. The zero-order valence-electron chi connectivity index (χ0n) is 14.8. The van der Waals surface area contributed by atoms with E-state index in [-0.39, 0.29) is 30.1 Å². The Bertz CT molecular complexity index is 787. The summed E-state index contributed by atoms with van der Waals surface area (Å²) < 4.78 is 12.6. The molecule has 1 saturated heterocycles. The molecule has 0 saturated carbocycles. The molecular weight excluding hydrogens is 340 g/mol. The summed E-state index contributed by atoms with van der Waals surface area (Å²) in [4.78, 5) is 19.4. The summed E-state index contributed by atoms with van der Waals surface area (Å²) in [6.45, 7) is 5.03. The van der Waals surface area contributed by atoms with Gasteiger partial charge in [-0.1, -0.05) is 6.92 Å². The summed E-state index contributed by atoms with van der Waals surface area (Å²) >= 11 is 0. The Morgan fingerprint density at radius 3 is 3.04 bits per heavy atom. The van der Waals surface area contributed by atoms with Crippen molar-refractivity contribution in [2.45, 2.75) is 38.6 Å². The van der Waals surface area contributed by atoms with Crippen LogP contribution in [-0.4, -0.2) is 44.5 Å². The van der Waals surface area contributed by atoms with Crippen LogP contribution in [0, 0.1) is 17.0 Å². The molecule has 2 aromatic rings. The first-order valence-corrected chi connectivity index (χ1v) is 8.49. The number of hydrogen-bond donors (Lipinski definition) is 1. The lowest BCUT2D eigenvalue weighted by Crippen LogP contribution is -2.12. The first kappa shape index (κ1) is 18.1. The van der Waals surface area contributed by atoms with Gasteiger partial charge < -0.3 is 15.2 Å². The van der Waals surface area contributed by atoms with Gasteiger partial charge in [-0.15, -0.1) is 5.10 Å². The maximum absolute atomic E-state index is 11.4. The molecule has 0 spiro atoms. The lowest BCUT2D eigenvalue weighted by molar-refractivity contribution is -0.386. The maximum atomic E-state index is 11.4. The summed E-state index contributed by atoms with van der Waals surface area (Å²) in [6.07, 6.45) is 2.97. The Morgan fingerprint density at radius 2 is 2.38 bits per heavy atom. The van der Waals surface area contributed by atoms with Gasteiger partial charge in [0.25, 0.3) is 0 Å². The summed E-state index contributed by atoms with van der Waals surface area (Å²) in [5.41, 5.74) is 6.05. The third-order valence-corrected chi connectivity index (χ3v) is 4.45. The number of ether oxygens (including phenoxy) is 2. The minimum absolute atomic E-state index is 0.00368. The molecule has 2 atom stereocenters. The number of rotatable bonds is 7. The third-order valence-electron chi connectivity index (χ3n) is 4.45. The molecule has 1 fully saturated rings. The van der Waals surface area contributed by atoms with Crippen molar-refractivity contribution >= 4 is 11.5 Å². The molecule has 1 aliphatic heterocycles. The Balaban J connectivity index is 1.69. The predicted octanol–water partition coefficient (Wildman–Crippen LogP) is 2.01. The summed E-state index contributed by atoms with van der Waals surface area (Å²) in [6, 6.07) is 1.63. The topological polar surface area (TPSA) is 131 Å². The molecule has 2 N–H and O–H groups in total. The van der Waals surface area contributed by atoms with E-state index < -0.39 is 4.92 Å². The SMILES string of the molecule is Cc1c([N+](=O)[O-])c(OCC[C@@H](C)c2nccc(N)n2)nn1[C@@H]1CCOC1. The van der Waals surface area contributed by atoms with Gasteiger partial charge in [-0.25, -0.2) is 9.97 Å². The van der Waals surface area contributed by atoms with Crippen molar-refractivity contribution < 1.29 is 14.4 Å². The standard InChI is InChI=1S/C16H22N6O4/c1-10(15-18-6-3-13(17)19-15)4-8-26-16-14(22(23)24)11(2)21(20-16)12-5-7-25-9-12/h3,6,10,12H,4-5,7-9H2,1-2H3,(H2,17,18,19)/t10-,12-/m1/s1. The minimum Gasteiger partial charge on any atom is -0.472 e. The number of hydrogen-bond acceptors (Lipinski definition) is 8. The fourth-order valence-electron chi connectivity index (χ4n) is 2.95. The Hall–Kier alpha value is -2.75. The predicted molar refractivity (Wildman–Crippen MR) is 93.1 cm³/mol. The second-order valence-electron chi connectivity index (χ2n) is 6.34. The number of aromatic nitrogens is 4. The van der Waals surface area contributed by atoms with E-state index in [9.17, 15) is 10.1 Å². The lowest BCUT2D eigenvalue weighted by Gasteiger charge is -2.10. The van der Waals surface area contributed by atoms with Crippen LogP contribution >= 0.6 is 0 Å². The van der Waals surface area contributed by atoms with Gasteiger partial charge in [-0.3, -0.25) is 14.8 Å². The van der Waals surface area contributed by atoms with E-state index in [4.69, 9.17) is 15.2 Å². The fraction of sp³-hybridized carbons (Fsp3) is 0.562. The molecule has 10 nitrogen and oxygen atoms in total. The van der Waals surface area contributed by atoms with Crippen LogP contribution in [0.2, 0.25) is 0 Å². The monoisotopic (exact) mass is 362 g/mol. The minimum atomic E-state index is -0.450. The van der Waals surface area contributed by atoms with Crippen LogP contribution in [0.1, 0.15) is 43.2 Å². The van der Waals surface area contributed by atoms with Crippen LogP contribution in [0.4, 0.5) is 11.5 Å². The van der Waals surface area contributed by atoms with E-state index in [0.29, 0.717) is 37.0 Å². The molecule has 0 aromatic carbocycles. The van der Waals surface area contributed by atoms with E-state index in [1.54, 1.807) is 23.9 Å². The second-order valence-corrected chi connectivity index (χ2v) is 6.34. The molecule has 0 unspecified atom stereocenters. The molecule has 0 bridgehead atoms. The van der Waals surface area contributed by atoms with Crippen molar-refractivity contribution in [1.82, 2.24) is 19.7 Å². The van der Waals surface area contributed by atoms with Gasteiger partial charge in [0.05, 0.1) is 24.2 Å². The quantitative estimate of drug-likeness (QED) is 0.584. The summed E-state index contributed by atoms with van der Waals surface area (Å²) in [5.74, 6) is 1.07. The maximum Gasteiger partial charge on any atom is 0.352 e. The molecule has 0 amide bonds. The highest BCUT2D eigenvalue weighted by Crippen LogP contribution is 2.33. The lowest BCUT2D eigenvalue weighted by atomic mass is 10.1. The van der Waals surface area contributed by atoms with Gasteiger partial charge in [0.1, 0.15) is 17.3 Å². The first-order valence-electron chi connectivity index (χ1n) is 8.49. The second kappa shape index (κ2) is 7.65. The Labute approximate surface area is 150 Å². The van der Waals surface area contributed by atoms with E-state index >= 15 is 0 Å². The zero-order valence-corrected chi connectivity index (χ0v) is 14.8. The van der Waals surface area contributed by atoms with Crippen LogP contribution in [0.5, 0.6) is 5.88 Å². The summed E-state index contributed by atoms with van der Waals surface area (Å²) in [7, 11) is 0. The first-order chi connectivity index (χ1) is 12.5. The molecule has 3 heterocycles. The van der Waals surface area contributed by atoms with E-state index in [1.165, 1.54) is 0 Å². The Kier molecular flexibility index (Phi) is 5.31. The molecular formula is C16H22N6O4. The molecule has 1 aliphatic rings. The molecule has 0 aliphatic carbocycles. The van der Waals surface area contributed by atoms with Crippen molar-refractivity contribution in [2.75, 3.05) is 25.6 Å². The van der Waals surface area contributed by atoms with Crippen LogP contribution in [0.25, 0.3) is 0 Å².